The van der Waals surface area contributed by atoms with E-state index in [1.807, 2.05) is 41.5 Å². The zero-order valence-corrected chi connectivity index (χ0v) is 22.2. The Kier molecular flexibility index (Phi) is 15.7. The molecule has 0 aromatic heterocycles. The fourth-order valence-corrected chi connectivity index (χ4v) is 2.94. The number of hydrogen-bond donors (Lipinski definition) is 4. The van der Waals surface area contributed by atoms with Crippen molar-refractivity contribution in [3.8, 4) is 0 Å². The first-order chi connectivity index (χ1) is 15.0. The average molecular weight is 495 g/mol. The summed E-state index contributed by atoms with van der Waals surface area (Å²) in [6.07, 6.45) is -0.712. The molecule has 4 N–H and O–H groups in total. The number of amides is 2. The van der Waals surface area contributed by atoms with Crippen molar-refractivity contribution in [1.82, 2.24) is 31.1 Å². The molecular weight excluding hydrogens is 448 g/mol. The van der Waals surface area contributed by atoms with Gasteiger partial charge in [-0.05, 0) is 41.5 Å². The second-order valence-corrected chi connectivity index (χ2v) is 9.93. The van der Waals surface area contributed by atoms with Gasteiger partial charge in [0.1, 0.15) is 11.2 Å². The van der Waals surface area contributed by atoms with Crippen molar-refractivity contribution in [2.24, 2.45) is 0 Å². The van der Waals surface area contributed by atoms with Crippen molar-refractivity contribution < 1.29 is 19.1 Å². The quantitative estimate of drug-likeness (QED) is 0.398. The molecule has 2 aliphatic heterocycles. The second kappa shape index (κ2) is 16.3. The highest BCUT2D eigenvalue weighted by atomic mass is 35.5. The van der Waals surface area contributed by atoms with Crippen LogP contribution in [-0.2, 0) is 9.47 Å². The Bertz CT molecular complexity index is 487. The van der Waals surface area contributed by atoms with Crippen molar-refractivity contribution in [3.63, 3.8) is 0 Å². The predicted octanol–water partition coefficient (Wildman–Crippen LogP) is 1.25. The second-order valence-electron chi connectivity index (χ2n) is 9.93. The molecule has 2 aliphatic rings. The van der Waals surface area contributed by atoms with Crippen LogP contribution in [0, 0.1) is 0 Å². The summed E-state index contributed by atoms with van der Waals surface area (Å²) in [6.45, 7) is 20.9. The summed E-state index contributed by atoms with van der Waals surface area (Å²) < 4.78 is 10.8. The molecule has 0 saturated carbocycles. The molecule has 11 heteroatoms. The average Bonchev–Trinajstić information content (AvgIpc) is 2.89. The van der Waals surface area contributed by atoms with E-state index in [1.54, 1.807) is 9.80 Å². The minimum Gasteiger partial charge on any atom is -0.444 e. The standard InChI is InChI=1S/C16H31N3O4.C6H15N3.ClH/c1-15(2,3)22-13(20)18-9-7-17-8-10-19(12-11-18)14(21)23-16(4,5)6;1-2-8-5-6-9-4-3-7-1;/h17H,7-12H2,1-6H3;7-9H,1-6H2;1H. The Labute approximate surface area is 206 Å². The number of ether oxygens (including phenoxy) is 2. The molecule has 0 aromatic carbocycles. The zero-order valence-electron chi connectivity index (χ0n) is 21.4. The van der Waals surface area contributed by atoms with E-state index < -0.39 is 11.2 Å². The van der Waals surface area contributed by atoms with Crippen LogP contribution >= 0.6 is 12.4 Å². The van der Waals surface area contributed by atoms with Gasteiger partial charge in [-0.15, -0.1) is 12.4 Å². The van der Waals surface area contributed by atoms with E-state index in [4.69, 9.17) is 9.47 Å². The van der Waals surface area contributed by atoms with E-state index in [0.717, 1.165) is 39.3 Å². The van der Waals surface area contributed by atoms with Gasteiger partial charge in [0.05, 0.1) is 0 Å². The largest absolute Gasteiger partial charge is 0.444 e. The molecule has 33 heavy (non-hydrogen) atoms. The van der Waals surface area contributed by atoms with Crippen LogP contribution in [0.1, 0.15) is 41.5 Å². The number of rotatable bonds is 0. The van der Waals surface area contributed by atoms with Crippen molar-refractivity contribution in [1.29, 1.82) is 0 Å². The lowest BCUT2D eigenvalue weighted by atomic mass is 10.2. The van der Waals surface area contributed by atoms with Gasteiger partial charge in [0.25, 0.3) is 0 Å². The summed E-state index contributed by atoms with van der Waals surface area (Å²) in [7, 11) is 0. The number of carbonyl (C=O) groups is 2. The Morgan fingerprint density at radius 3 is 1.09 bits per heavy atom. The van der Waals surface area contributed by atoms with E-state index in [2.05, 4.69) is 21.3 Å². The Hall–Kier alpha value is -1.33. The molecule has 0 radical (unpaired) electrons. The Morgan fingerprint density at radius 1 is 0.545 bits per heavy atom. The molecule has 2 heterocycles. The molecule has 0 spiro atoms. The van der Waals surface area contributed by atoms with Crippen LogP contribution in [0.25, 0.3) is 0 Å². The molecule has 196 valence electrons. The van der Waals surface area contributed by atoms with Crippen LogP contribution < -0.4 is 21.3 Å². The predicted molar refractivity (Wildman–Crippen MR) is 134 cm³/mol. The summed E-state index contributed by atoms with van der Waals surface area (Å²) in [6, 6.07) is 0. The molecular formula is C22H47ClN6O4. The van der Waals surface area contributed by atoms with Crippen LogP contribution in [-0.4, -0.2) is 112 Å². The van der Waals surface area contributed by atoms with Gasteiger partial charge in [0.2, 0.25) is 0 Å². The van der Waals surface area contributed by atoms with E-state index in [9.17, 15) is 9.59 Å². The van der Waals surface area contributed by atoms with Crippen LogP contribution in [0.5, 0.6) is 0 Å². The monoisotopic (exact) mass is 494 g/mol. The maximum Gasteiger partial charge on any atom is 0.410 e. The topological polar surface area (TPSA) is 107 Å². The number of halogens is 1. The third-order valence-corrected chi connectivity index (χ3v) is 4.50. The lowest BCUT2D eigenvalue weighted by Crippen LogP contribution is -2.44. The van der Waals surface area contributed by atoms with Crippen molar-refractivity contribution in [3.05, 3.63) is 0 Å². The van der Waals surface area contributed by atoms with Gasteiger partial charge in [-0.2, -0.15) is 0 Å². The molecule has 10 nitrogen and oxygen atoms in total. The fraction of sp³-hybridized carbons (Fsp3) is 0.909. The first-order valence-electron chi connectivity index (χ1n) is 11.8. The number of nitrogens with one attached hydrogen (secondary N) is 4. The van der Waals surface area contributed by atoms with Gasteiger partial charge < -0.3 is 40.5 Å². The van der Waals surface area contributed by atoms with Gasteiger partial charge in [0.15, 0.2) is 0 Å². The first kappa shape index (κ1) is 31.7. The van der Waals surface area contributed by atoms with E-state index in [0.29, 0.717) is 39.3 Å². The highest BCUT2D eigenvalue weighted by Gasteiger charge is 2.26. The molecule has 0 aliphatic carbocycles. The third kappa shape index (κ3) is 16.9. The first-order valence-corrected chi connectivity index (χ1v) is 11.8. The van der Waals surface area contributed by atoms with Crippen molar-refractivity contribution >= 4 is 24.6 Å². The van der Waals surface area contributed by atoms with Crippen LogP contribution in [0.4, 0.5) is 9.59 Å². The van der Waals surface area contributed by atoms with Crippen molar-refractivity contribution in [2.45, 2.75) is 52.7 Å². The molecule has 0 bridgehead atoms. The summed E-state index contributed by atoms with van der Waals surface area (Å²) in [5.41, 5.74) is -1.07. The van der Waals surface area contributed by atoms with Crippen LogP contribution in [0.15, 0.2) is 0 Å². The van der Waals surface area contributed by atoms with Gasteiger partial charge in [-0.1, -0.05) is 0 Å². The highest BCUT2D eigenvalue weighted by Crippen LogP contribution is 2.12. The number of hydrogen-bond acceptors (Lipinski definition) is 8. The summed E-state index contributed by atoms with van der Waals surface area (Å²) in [5, 5.41) is 13.1. The lowest BCUT2D eigenvalue weighted by Gasteiger charge is -2.30. The molecule has 2 rings (SSSR count). The lowest BCUT2D eigenvalue weighted by molar-refractivity contribution is 0.0154. The molecule has 2 fully saturated rings. The molecule has 2 saturated heterocycles. The zero-order chi connectivity index (χ0) is 24.0. The number of nitrogens with zero attached hydrogens (tertiary/aromatic N) is 2. The molecule has 0 atom stereocenters. The third-order valence-electron chi connectivity index (χ3n) is 4.50. The van der Waals surface area contributed by atoms with Crippen LogP contribution in [0.2, 0.25) is 0 Å². The fourth-order valence-electron chi connectivity index (χ4n) is 2.94. The van der Waals surface area contributed by atoms with Crippen molar-refractivity contribution in [2.75, 3.05) is 78.5 Å². The summed E-state index contributed by atoms with van der Waals surface area (Å²) in [5.74, 6) is 0. The summed E-state index contributed by atoms with van der Waals surface area (Å²) >= 11 is 0. The SMILES string of the molecule is C1CNCCNCCN1.CC(C)(C)OC(=O)N1CCNCCN(C(=O)OC(C)(C)C)CC1.Cl. The normalized spacial score (nSPS) is 19.0. The van der Waals surface area contributed by atoms with Gasteiger partial charge in [-0.25, -0.2) is 9.59 Å². The minimum absolute atomic E-state index is 0. The highest BCUT2D eigenvalue weighted by molar-refractivity contribution is 5.85. The van der Waals surface area contributed by atoms with Gasteiger partial charge >= 0.3 is 12.2 Å². The van der Waals surface area contributed by atoms with E-state index in [-0.39, 0.29) is 24.6 Å². The number of carbonyl (C=O) groups excluding carboxylic acids is 2. The molecule has 0 aromatic rings. The van der Waals surface area contributed by atoms with Gasteiger partial charge in [0, 0.05) is 78.5 Å². The Balaban J connectivity index is 0.000000856. The minimum atomic E-state index is -0.534. The van der Waals surface area contributed by atoms with Gasteiger partial charge in [-0.3, -0.25) is 0 Å². The maximum absolute atomic E-state index is 12.2. The van der Waals surface area contributed by atoms with Crippen LogP contribution in [0.3, 0.4) is 0 Å². The Morgan fingerprint density at radius 2 is 0.818 bits per heavy atom. The molecule has 2 amide bonds. The van der Waals surface area contributed by atoms with E-state index in [1.165, 1.54) is 0 Å². The summed E-state index contributed by atoms with van der Waals surface area (Å²) in [4.78, 5) is 27.7. The maximum atomic E-state index is 12.2. The van der Waals surface area contributed by atoms with E-state index >= 15 is 0 Å². The molecule has 0 unspecified atom stereocenters. The smallest absolute Gasteiger partial charge is 0.410 e.